The predicted molar refractivity (Wildman–Crippen MR) is 109 cm³/mol. The van der Waals surface area contributed by atoms with Gasteiger partial charge in [0.05, 0.1) is 7.11 Å². The highest BCUT2D eigenvalue weighted by molar-refractivity contribution is 5.71. The third-order valence-corrected chi connectivity index (χ3v) is 6.77. The molecule has 1 aromatic rings. The lowest BCUT2D eigenvalue weighted by Gasteiger charge is -2.32. The molecule has 0 unspecified atom stereocenters. The number of methoxy groups -OCH3 is 1. The molecule has 0 bridgehead atoms. The normalized spacial score (nSPS) is 23.6. The quantitative estimate of drug-likeness (QED) is 0.389. The van der Waals surface area contributed by atoms with Crippen molar-refractivity contribution in [2.24, 2.45) is 17.8 Å². The Morgan fingerprint density at radius 2 is 1.89 bits per heavy atom. The third-order valence-electron chi connectivity index (χ3n) is 6.77. The zero-order chi connectivity index (χ0) is 19.1. The van der Waals surface area contributed by atoms with Crippen LogP contribution in [0.15, 0.2) is 18.2 Å². The maximum Gasteiger partial charge on any atom is 0.343 e. The van der Waals surface area contributed by atoms with Crippen molar-refractivity contribution in [3.63, 3.8) is 0 Å². The Morgan fingerprint density at radius 3 is 2.70 bits per heavy atom. The molecule has 150 valence electrons. The summed E-state index contributed by atoms with van der Waals surface area (Å²) in [4.78, 5) is 11.4. The van der Waals surface area contributed by atoms with Gasteiger partial charge >= 0.3 is 5.97 Å². The molecule has 3 rings (SSSR count). The Morgan fingerprint density at radius 1 is 1.07 bits per heavy atom. The fourth-order valence-electron chi connectivity index (χ4n) is 5.25. The van der Waals surface area contributed by atoms with Crippen molar-refractivity contribution in [3.8, 4) is 5.75 Å². The van der Waals surface area contributed by atoms with Crippen LogP contribution in [0.1, 0.15) is 75.8 Å². The van der Waals surface area contributed by atoms with Crippen molar-refractivity contribution in [3.05, 3.63) is 29.3 Å². The van der Waals surface area contributed by atoms with Crippen LogP contribution in [-0.4, -0.2) is 19.7 Å². The maximum atomic E-state index is 11.4. The summed E-state index contributed by atoms with van der Waals surface area (Å²) in [6.45, 7) is 2.28. The second-order valence-electron chi connectivity index (χ2n) is 8.48. The number of carbonyl (C=O) groups excluding carboxylic acids is 1. The monoisotopic (exact) mass is 372 g/mol. The van der Waals surface area contributed by atoms with Crippen LogP contribution in [-0.2, 0) is 22.4 Å². The van der Waals surface area contributed by atoms with Crippen molar-refractivity contribution >= 4 is 5.97 Å². The van der Waals surface area contributed by atoms with Gasteiger partial charge in [-0.1, -0.05) is 64.0 Å². The van der Waals surface area contributed by atoms with E-state index in [9.17, 15) is 4.79 Å². The summed E-state index contributed by atoms with van der Waals surface area (Å²) in [5.41, 5.74) is 2.77. The van der Waals surface area contributed by atoms with Crippen LogP contribution in [0.4, 0.5) is 0 Å². The summed E-state index contributed by atoms with van der Waals surface area (Å²) in [7, 11) is 1.40. The minimum absolute atomic E-state index is 0.00169. The lowest BCUT2D eigenvalue weighted by Crippen LogP contribution is -2.26. The van der Waals surface area contributed by atoms with Crippen molar-refractivity contribution < 1.29 is 14.3 Å². The van der Waals surface area contributed by atoms with Crippen molar-refractivity contribution in [1.29, 1.82) is 0 Å². The third kappa shape index (κ3) is 5.27. The van der Waals surface area contributed by atoms with Gasteiger partial charge in [0.1, 0.15) is 5.75 Å². The number of benzene rings is 1. The van der Waals surface area contributed by atoms with Gasteiger partial charge in [-0.25, -0.2) is 4.79 Å². The minimum Gasteiger partial charge on any atom is -0.482 e. The highest BCUT2D eigenvalue weighted by Crippen LogP contribution is 2.48. The fraction of sp³-hybridized carbons (Fsp3) is 0.708. The molecular formula is C24H36O3. The van der Waals surface area contributed by atoms with E-state index in [0.29, 0.717) is 0 Å². The highest BCUT2D eigenvalue weighted by atomic mass is 16.6. The van der Waals surface area contributed by atoms with E-state index in [1.165, 1.54) is 82.4 Å². The van der Waals surface area contributed by atoms with Gasteiger partial charge in [0, 0.05) is 0 Å². The standard InChI is InChI=1S/C24H36O3/c1-3-4-5-6-7-8-10-18-13-14-20-16-22-19(15-21(18)20)11-9-12-23(22)27-17-24(25)26-2/h9,11-12,18,20-21H,3-8,10,13-17H2,1-2H3/t18-,20+,21+/m0/s1. The van der Waals surface area contributed by atoms with Gasteiger partial charge in [0.25, 0.3) is 0 Å². The number of rotatable bonds is 10. The summed E-state index contributed by atoms with van der Waals surface area (Å²) in [6, 6.07) is 6.34. The molecular weight excluding hydrogens is 336 g/mol. The minimum atomic E-state index is -0.318. The van der Waals surface area contributed by atoms with Gasteiger partial charge in [-0.3, -0.25) is 0 Å². The van der Waals surface area contributed by atoms with Crippen LogP contribution in [0.25, 0.3) is 0 Å². The van der Waals surface area contributed by atoms with Crippen LogP contribution in [0.3, 0.4) is 0 Å². The number of hydrogen-bond acceptors (Lipinski definition) is 3. The first kappa shape index (κ1) is 20.2. The smallest absolute Gasteiger partial charge is 0.343 e. The molecule has 0 saturated heterocycles. The molecule has 1 fully saturated rings. The van der Waals surface area contributed by atoms with Crippen molar-refractivity contribution in [2.45, 2.75) is 77.6 Å². The molecule has 0 amide bonds. The highest BCUT2D eigenvalue weighted by Gasteiger charge is 2.39. The molecule has 2 aliphatic rings. The van der Waals surface area contributed by atoms with E-state index in [2.05, 4.69) is 19.1 Å². The number of esters is 1. The molecule has 2 aliphatic carbocycles. The van der Waals surface area contributed by atoms with Gasteiger partial charge in [-0.2, -0.15) is 0 Å². The lowest BCUT2D eigenvalue weighted by atomic mass is 9.73. The Bertz CT molecular complexity index is 610. The van der Waals surface area contributed by atoms with Crippen LogP contribution in [0.5, 0.6) is 5.75 Å². The van der Waals surface area contributed by atoms with Crippen LogP contribution in [0.2, 0.25) is 0 Å². The zero-order valence-corrected chi connectivity index (χ0v) is 17.2. The van der Waals surface area contributed by atoms with E-state index < -0.39 is 0 Å². The summed E-state index contributed by atoms with van der Waals surface area (Å²) in [5, 5.41) is 0. The average molecular weight is 373 g/mol. The number of carbonyl (C=O) groups is 1. The first-order valence-corrected chi connectivity index (χ1v) is 11.0. The molecule has 0 spiro atoms. The Balaban J connectivity index is 1.54. The molecule has 0 radical (unpaired) electrons. The summed E-state index contributed by atoms with van der Waals surface area (Å²) >= 11 is 0. The van der Waals surface area contributed by atoms with E-state index in [1.807, 2.05) is 6.07 Å². The Hall–Kier alpha value is -1.51. The molecule has 27 heavy (non-hydrogen) atoms. The van der Waals surface area contributed by atoms with Gasteiger partial charge in [0.15, 0.2) is 6.61 Å². The summed E-state index contributed by atoms with van der Waals surface area (Å²) in [6.07, 6.45) is 14.9. The average Bonchev–Trinajstić information content (AvgIpc) is 3.09. The second kappa shape index (κ2) is 10.1. The first-order chi connectivity index (χ1) is 13.2. The SMILES string of the molecule is CCCCCCCC[C@H]1CC[C@@H]2Cc3c(cccc3OCC(=O)OC)C[C@H]12. The van der Waals surface area contributed by atoms with Crippen LogP contribution in [0, 0.1) is 17.8 Å². The van der Waals surface area contributed by atoms with E-state index in [-0.39, 0.29) is 12.6 Å². The number of unbranched alkanes of at least 4 members (excludes halogenated alkanes) is 5. The molecule has 3 heteroatoms. The first-order valence-electron chi connectivity index (χ1n) is 11.0. The van der Waals surface area contributed by atoms with E-state index in [4.69, 9.17) is 9.47 Å². The van der Waals surface area contributed by atoms with Crippen LogP contribution < -0.4 is 4.74 Å². The van der Waals surface area contributed by atoms with Gasteiger partial charge in [-0.15, -0.1) is 0 Å². The largest absolute Gasteiger partial charge is 0.482 e. The fourth-order valence-corrected chi connectivity index (χ4v) is 5.25. The molecule has 0 heterocycles. The molecule has 3 atom stereocenters. The molecule has 3 nitrogen and oxygen atoms in total. The summed E-state index contributed by atoms with van der Waals surface area (Å²) < 4.78 is 10.5. The number of ether oxygens (including phenoxy) is 2. The second-order valence-corrected chi connectivity index (χ2v) is 8.48. The van der Waals surface area contributed by atoms with Gasteiger partial charge < -0.3 is 9.47 Å². The topological polar surface area (TPSA) is 35.5 Å². The lowest BCUT2D eigenvalue weighted by molar-refractivity contribution is -0.142. The maximum absolute atomic E-state index is 11.4. The molecule has 0 N–H and O–H groups in total. The van der Waals surface area contributed by atoms with Crippen molar-refractivity contribution in [2.75, 3.05) is 13.7 Å². The van der Waals surface area contributed by atoms with E-state index in [0.717, 1.165) is 29.9 Å². The molecule has 0 aromatic heterocycles. The van der Waals surface area contributed by atoms with E-state index in [1.54, 1.807) is 0 Å². The summed E-state index contributed by atoms with van der Waals surface area (Å²) in [5.74, 6) is 3.13. The van der Waals surface area contributed by atoms with Gasteiger partial charge in [-0.05, 0) is 60.6 Å². The Labute approximate surface area is 164 Å². The number of hydrogen-bond donors (Lipinski definition) is 0. The van der Waals surface area contributed by atoms with Crippen molar-refractivity contribution in [1.82, 2.24) is 0 Å². The van der Waals surface area contributed by atoms with Crippen LogP contribution >= 0.6 is 0 Å². The van der Waals surface area contributed by atoms with Gasteiger partial charge in [0.2, 0.25) is 0 Å². The zero-order valence-electron chi connectivity index (χ0n) is 17.2. The molecule has 1 saturated carbocycles. The molecule has 0 aliphatic heterocycles. The Kier molecular flexibility index (Phi) is 7.60. The molecule has 1 aromatic carbocycles. The predicted octanol–water partition coefficient (Wildman–Crippen LogP) is 5.73. The van der Waals surface area contributed by atoms with E-state index >= 15 is 0 Å². The number of fused-ring (bicyclic) bond motifs is 2.